The molecule has 0 amide bonds. The van der Waals surface area contributed by atoms with Crippen molar-refractivity contribution in [2.45, 2.75) is 50.8 Å². The van der Waals surface area contributed by atoms with Crippen LogP contribution in [-0.2, 0) is 25.9 Å². The Morgan fingerprint density at radius 1 is 1.48 bits per heavy atom. The second-order valence-electron chi connectivity index (χ2n) is 6.09. The maximum atomic E-state index is 12.1. The van der Waals surface area contributed by atoms with Crippen LogP contribution < -0.4 is 0 Å². The zero-order chi connectivity index (χ0) is 17.1. The molecule has 0 fully saturated rings. The van der Waals surface area contributed by atoms with Crippen molar-refractivity contribution in [3.63, 3.8) is 0 Å². The molecule has 0 aromatic carbocycles. The highest BCUT2D eigenvalue weighted by molar-refractivity contribution is 7.92. The Bertz CT molecular complexity index is 705. The van der Waals surface area contributed by atoms with Gasteiger partial charge >= 0.3 is 5.97 Å². The van der Waals surface area contributed by atoms with Gasteiger partial charge in [0.2, 0.25) is 0 Å². The van der Waals surface area contributed by atoms with Crippen LogP contribution in [0.3, 0.4) is 0 Å². The van der Waals surface area contributed by atoms with Crippen molar-refractivity contribution in [2.24, 2.45) is 0 Å². The van der Waals surface area contributed by atoms with E-state index in [9.17, 15) is 13.2 Å². The van der Waals surface area contributed by atoms with Gasteiger partial charge in [-0.3, -0.25) is 9.48 Å². The molecule has 7 heteroatoms. The van der Waals surface area contributed by atoms with E-state index in [2.05, 4.69) is 11.2 Å². The zero-order valence-corrected chi connectivity index (χ0v) is 14.7. The van der Waals surface area contributed by atoms with Crippen molar-refractivity contribution >= 4 is 21.4 Å². The zero-order valence-electron chi connectivity index (χ0n) is 13.9. The summed E-state index contributed by atoms with van der Waals surface area (Å²) >= 11 is 0. The number of sulfone groups is 1. The molecule has 1 aliphatic rings. The number of carbonyl (C=O) groups excluding carboxylic acids is 1. The van der Waals surface area contributed by atoms with E-state index in [-0.39, 0.29) is 13.0 Å². The Morgan fingerprint density at radius 3 is 2.78 bits per heavy atom. The van der Waals surface area contributed by atoms with Crippen LogP contribution in [0.15, 0.2) is 18.5 Å². The molecule has 1 aromatic heterocycles. The van der Waals surface area contributed by atoms with Crippen LogP contribution >= 0.6 is 0 Å². The van der Waals surface area contributed by atoms with Crippen LogP contribution in [0.1, 0.15) is 45.1 Å². The van der Waals surface area contributed by atoms with Gasteiger partial charge in [-0.05, 0) is 45.1 Å². The molecule has 0 aliphatic heterocycles. The molecule has 1 aromatic rings. The molecular weight excluding hydrogens is 316 g/mol. The van der Waals surface area contributed by atoms with Gasteiger partial charge in [-0.2, -0.15) is 5.10 Å². The molecule has 0 radical (unpaired) electrons. The van der Waals surface area contributed by atoms with Crippen molar-refractivity contribution < 1.29 is 17.9 Å². The van der Waals surface area contributed by atoms with Gasteiger partial charge in [-0.1, -0.05) is 6.08 Å². The molecule has 0 N–H and O–H groups in total. The highest BCUT2D eigenvalue weighted by atomic mass is 32.2. The number of aryl methyl sites for hydroxylation is 1. The number of hydrogen-bond donors (Lipinski definition) is 0. The van der Waals surface area contributed by atoms with Gasteiger partial charge in [0.1, 0.15) is 0 Å². The van der Waals surface area contributed by atoms with E-state index in [1.54, 1.807) is 17.8 Å². The van der Waals surface area contributed by atoms with E-state index in [1.165, 1.54) is 12.5 Å². The van der Waals surface area contributed by atoms with Gasteiger partial charge in [-0.15, -0.1) is 0 Å². The minimum Gasteiger partial charge on any atom is -0.465 e. The van der Waals surface area contributed by atoms with Crippen molar-refractivity contribution in [1.29, 1.82) is 0 Å². The molecule has 128 valence electrons. The average Bonchev–Trinajstić information content (AvgIpc) is 3.14. The fourth-order valence-corrected chi connectivity index (χ4v) is 3.46. The third kappa shape index (κ3) is 3.83. The molecule has 2 rings (SSSR count). The summed E-state index contributed by atoms with van der Waals surface area (Å²) in [7, 11) is -3.59. The molecule has 0 saturated carbocycles. The number of carbonyl (C=O) groups is 1. The third-order valence-corrected chi connectivity index (χ3v) is 6.40. The van der Waals surface area contributed by atoms with Gasteiger partial charge in [0, 0.05) is 24.6 Å². The fraction of sp³-hybridized carbons (Fsp3) is 0.625. The van der Waals surface area contributed by atoms with E-state index < -0.39 is 20.6 Å². The van der Waals surface area contributed by atoms with Crippen molar-refractivity contribution in [1.82, 2.24) is 9.78 Å². The molecule has 1 atom stereocenters. The lowest BCUT2D eigenvalue weighted by Gasteiger charge is -2.25. The Balaban J connectivity index is 2.11. The summed E-state index contributed by atoms with van der Waals surface area (Å²) in [5, 5.41) is 4.28. The SMILES string of the molecule is CCOC(=O)[C@@](C)(CCn1cc(C2=CCCC2)cn1)S(C)(=O)=O. The molecule has 23 heavy (non-hydrogen) atoms. The topological polar surface area (TPSA) is 78.3 Å². The summed E-state index contributed by atoms with van der Waals surface area (Å²) in [5.41, 5.74) is 2.35. The Morgan fingerprint density at radius 2 is 2.22 bits per heavy atom. The largest absolute Gasteiger partial charge is 0.465 e. The van der Waals surface area contributed by atoms with Gasteiger partial charge in [0.05, 0.1) is 12.8 Å². The van der Waals surface area contributed by atoms with Crippen LogP contribution in [-0.4, -0.2) is 41.8 Å². The first-order valence-corrected chi connectivity index (χ1v) is 9.76. The average molecular weight is 340 g/mol. The van der Waals surface area contributed by atoms with E-state index in [1.807, 2.05) is 6.20 Å². The summed E-state index contributed by atoms with van der Waals surface area (Å²) in [5.74, 6) is -0.701. The normalized spacial score (nSPS) is 17.6. The molecule has 6 nitrogen and oxygen atoms in total. The van der Waals surface area contributed by atoms with Crippen LogP contribution in [0.5, 0.6) is 0 Å². The van der Waals surface area contributed by atoms with Gasteiger partial charge in [-0.25, -0.2) is 8.42 Å². The highest BCUT2D eigenvalue weighted by Gasteiger charge is 2.44. The smallest absolute Gasteiger partial charge is 0.327 e. The molecular formula is C16H24N2O4S. The van der Waals surface area contributed by atoms with Crippen LogP contribution in [0.4, 0.5) is 0 Å². The summed E-state index contributed by atoms with van der Waals surface area (Å²) in [6.07, 6.45) is 10.4. The molecule has 0 bridgehead atoms. The number of esters is 1. The highest BCUT2D eigenvalue weighted by Crippen LogP contribution is 2.28. The van der Waals surface area contributed by atoms with E-state index >= 15 is 0 Å². The number of nitrogens with zero attached hydrogens (tertiary/aromatic N) is 2. The van der Waals surface area contributed by atoms with Gasteiger partial charge < -0.3 is 4.74 Å². The second-order valence-corrected chi connectivity index (χ2v) is 8.53. The first-order chi connectivity index (χ1) is 10.8. The monoisotopic (exact) mass is 340 g/mol. The molecule has 0 spiro atoms. The molecule has 1 heterocycles. The second kappa shape index (κ2) is 6.86. The van der Waals surface area contributed by atoms with Crippen LogP contribution in [0, 0.1) is 0 Å². The Hall–Kier alpha value is -1.63. The quantitative estimate of drug-likeness (QED) is 0.711. The number of hydrogen-bond acceptors (Lipinski definition) is 5. The lowest BCUT2D eigenvalue weighted by atomic mass is 10.1. The predicted molar refractivity (Wildman–Crippen MR) is 88.6 cm³/mol. The molecule has 0 unspecified atom stereocenters. The lowest BCUT2D eigenvalue weighted by Crippen LogP contribution is -2.45. The first kappa shape index (κ1) is 17.7. The summed E-state index contributed by atoms with van der Waals surface area (Å²) in [6.45, 7) is 3.58. The van der Waals surface area contributed by atoms with Gasteiger partial charge in [0.15, 0.2) is 14.6 Å². The van der Waals surface area contributed by atoms with E-state index in [0.29, 0.717) is 6.54 Å². The Labute approximate surface area is 137 Å². The number of aromatic nitrogens is 2. The van der Waals surface area contributed by atoms with E-state index in [0.717, 1.165) is 31.1 Å². The Kier molecular flexibility index (Phi) is 5.29. The fourth-order valence-electron chi connectivity index (χ4n) is 2.64. The summed E-state index contributed by atoms with van der Waals surface area (Å²) in [6, 6.07) is 0. The maximum absolute atomic E-state index is 12.1. The molecule has 0 saturated heterocycles. The predicted octanol–water partition coefficient (Wildman–Crippen LogP) is 2.21. The van der Waals surface area contributed by atoms with Crippen molar-refractivity contribution in [3.8, 4) is 0 Å². The summed E-state index contributed by atoms with van der Waals surface area (Å²) in [4.78, 5) is 12.1. The van der Waals surface area contributed by atoms with Crippen LogP contribution in [0.25, 0.3) is 5.57 Å². The summed E-state index contributed by atoms with van der Waals surface area (Å²) < 4.78 is 29.2. The van der Waals surface area contributed by atoms with Crippen LogP contribution in [0.2, 0.25) is 0 Å². The minimum absolute atomic E-state index is 0.130. The van der Waals surface area contributed by atoms with Gasteiger partial charge in [0.25, 0.3) is 0 Å². The molecule has 1 aliphatic carbocycles. The van der Waals surface area contributed by atoms with E-state index in [4.69, 9.17) is 4.74 Å². The maximum Gasteiger partial charge on any atom is 0.327 e. The number of rotatable bonds is 7. The standard InChI is InChI=1S/C16H24N2O4S/c1-4-22-15(19)16(2,23(3,20)21)9-10-18-12-14(11-17-18)13-7-5-6-8-13/h7,11-12H,4-6,8-10H2,1-3H3/t16-/m1/s1. The first-order valence-electron chi connectivity index (χ1n) is 7.86. The number of allylic oxidation sites excluding steroid dienone is 2. The lowest BCUT2D eigenvalue weighted by molar-refractivity contribution is -0.146. The number of ether oxygens (including phenoxy) is 1. The third-order valence-electron chi connectivity index (χ3n) is 4.39. The van der Waals surface area contributed by atoms with Crippen molar-refractivity contribution in [2.75, 3.05) is 12.9 Å². The van der Waals surface area contributed by atoms with Crippen molar-refractivity contribution in [3.05, 3.63) is 24.0 Å². The minimum atomic E-state index is -3.59.